The van der Waals surface area contributed by atoms with Gasteiger partial charge in [-0.3, -0.25) is 4.79 Å². The zero-order valence-corrected chi connectivity index (χ0v) is 23.4. The Morgan fingerprint density at radius 1 is 1.03 bits per heavy atom. The van der Waals surface area contributed by atoms with Gasteiger partial charge in [0.25, 0.3) is 5.56 Å². The van der Waals surface area contributed by atoms with Crippen molar-refractivity contribution in [2.24, 2.45) is 5.10 Å². The van der Waals surface area contributed by atoms with Gasteiger partial charge in [-0.15, -0.1) is 0 Å². The van der Waals surface area contributed by atoms with Crippen molar-refractivity contribution in [3.63, 3.8) is 0 Å². The van der Waals surface area contributed by atoms with Gasteiger partial charge in [0, 0.05) is 24.9 Å². The molecule has 4 aromatic rings. The molecule has 1 heterocycles. The van der Waals surface area contributed by atoms with Crippen LogP contribution in [0.5, 0.6) is 5.75 Å². The third-order valence-corrected chi connectivity index (χ3v) is 7.22. The summed E-state index contributed by atoms with van der Waals surface area (Å²) in [4.78, 5) is 18.0. The highest BCUT2D eigenvalue weighted by Gasteiger charge is 2.15. The van der Waals surface area contributed by atoms with Crippen LogP contribution in [0.25, 0.3) is 10.9 Å². The minimum atomic E-state index is -0.183. The Balaban J connectivity index is 1.57. The highest BCUT2D eigenvalue weighted by molar-refractivity contribution is 9.11. The average Bonchev–Trinajstić information content (AvgIpc) is 2.83. The molecule has 0 radical (unpaired) electrons. The molecule has 174 valence electrons. The molecule has 1 aromatic heterocycles. The van der Waals surface area contributed by atoms with E-state index in [2.05, 4.69) is 66.7 Å². The number of aromatic nitrogens is 2. The van der Waals surface area contributed by atoms with Gasteiger partial charge in [-0.05, 0) is 66.6 Å². The number of nitrogens with zero attached hydrogens (tertiary/aromatic N) is 3. The largest absolute Gasteiger partial charge is 0.489 e. The van der Waals surface area contributed by atoms with Crippen LogP contribution < -0.4 is 10.3 Å². The maximum Gasteiger partial charge on any atom is 0.282 e. The minimum absolute atomic E-state index is 0.0895. The summed E-state index contributed by atoms with van der Waals surface area (Å²) in [6.45, 7) is 4.57. The molecule has 0 bridgehead atoms. The number of fused-ring (bicyclic) bond motifs is 1. The fourth-order valence-electron chi connectivity index (χ4n) is 3.35. The SMILES string of the molecule is CC[C@@H](C)c1nc2ccc(Br)cc2c(=O)n1N=Cc1ccc(OCc2ccc(Br)cc2Br)cc1. The van der Waals surface area contributed by atoms with Crippen LogP contribution in [0, 0.1) is 0 Å². The summed E-state index contributed by atoms with van der Waals surface area (Å²) in [6, 6.07) is 19.1. The van der Waals surface area contributed by atoms with E-state index in [1.165, 1.54) is 4.68 Å². The van der Waals surface area contributed by atoms with Crippen molar-refractivity contribution in [2.75, 3.05) is 0 Å². The van der Waals surface area contributed by atoms with E-state index in [-0.39, 0.29) is 11.5 Å². The summed E-state index contributed by atoms with van der Waals surface area (Å²) in [5.41, 5.74) is 2.40. The lowest BCUT2D eigenvalue weighted by Gasteiger charge is -2.14. The predicted molar refractivity (Wildman–Crippen MR) is 148 cm³/mol. The molecular formula is C26H22Br3N3O2. The Hall–Kier alpha value is -2.29. The van der Waals surface area contributed by atoms with Crippen molar-refractivity contribution < 1.29 is 4.74 Å². The van der Waals surface area contributed by atoms with Crippen molar-refractivity contribution in [1.82, 2.24) is 9.66 Å². The molecule has 0 spiro atoms. The number of hydrogen-bond donors (Lipinski definition) is 0. The molecule has 8 heteroatoms. The second-order valence-corrected chi connectivity index (χ2v) is 10.6. The highest BCUT2D eigenvalue weighted by Crippen LogP contribution is 2.24. The van der Waals surface area contributed by atoms with E-state index < -0.39 is 0 Å². The molecular weight excluding hydrogens is 626 g/mol. The molecule has 0 fully saturated rings. The van der Waals surface area contributed by atoms with E-state index in [4.69, 9.17) is 9.72 Å². The predicted octanol–water partition coefficient (Wildman–Crippen LogP) is 7.66. The molecule has 34 heavy (non-hydrogen) atoms. The van der Waals surface area contributed by atoms with Crippen molar-refractivity contribution in [2.45, 2.75) is 32.8 Å². The molecule has 4 rings (SSSR count). The van der Waals surface area contributed by atoms with Gasteiger partial charge in [0.15, 0.2) is 0 Å². The Morgan fingerprint density at radius 3 is 2.44 bits per heavy atom. The molecule has 0 saturated heterocycles. The van der Waals surface area contributed by atoms with Crippen LogP contribution in [0.4, 0.5) is 0 Å². The van der Waals surface area contributed by atoms with Gasteiger partial charge in [-0.1, -0.05) is 67.7 Å². The molecule has 3 aromatic carbocycles. The lowest BCUT2D eigenvalue weighted by Crippen LogP contribution is -2.23. The zero-order chi connectivity index (χ0) is 24.2. The molecule has 0 aliphatic heterocycles. The smallest absolute Gasteiger partial charge is 0.282 e. The van der Waals surface area contributed by atoms with Gasteiger partial charge >= 0.3 is 0 Å². The number of ether oxygens (including phenoxy) is 1. The maximum absolute atomic E-state index is 13.2. The van der Waals surface area contributed by atoms with Gasteiger partial charge in [-0.25, -0.2) is 4.98 Å². The first-order valence-electron chi connectivity index (χ1n) is 10.8. The molecule has 5 nitrogen and oxygen atoms in total. The minimum Gasteiger partial charge on any atom is -0.489 e. The lowest BCUT2D eigenvalue weighted by atomic mass is 10.1. The number of hydrogen-bond acceptors (Lipinski definition) is 4. The molecule has 0 aliphatic rings. The van der Waals surface area contributed by atoms with Crippen LogP contribution in [-0.2, 0) is 6.61 Å². The van der Waals surface area contributed by atoms with Crippen LogP contribution in [0.3, 0.4) is 0 Å². The van der Waals surface area contributed by atoms with E-state index in [0.29, 0.717) is 23.3 Å². The topological polar surface area (TPSA) is 56.5 Å². The fraction of sp³-hybridized carbons (Fsp3) is 0.192. The van der Waals surface area contributed by atoms with Gasteiger partial charge in [0.05, 0.1) is 17.1 Å². The van der Waals surface area contributed by atoms with Crippen LogP contribution >= 0.6 is 47.8 Å². The van der Waals surface area contributed by atoms with Crippen LogP contribution in [0.15, 0.2) is 84.0 Å². The second-order valence-electron chi connectivity index (χ2n) is 7.90. The monoisotopic (exact) mass is 645 g/mol. The van der Waals surface area contributed by atoms with Crippen molar-refractivity contribution in [3.05, 3.63) is 101 Å². The van der Waals surface area contributed by atoms with Gasteiger partial charge in [0.2, 0.25) is 0 Å². The molecule has 1 atom stereocenters. The van der Waals surface area contributed by atoms with E-state index in [0.717, 1.165) is 36.7 Å². The summed E-state index contributed by atoms with van der Waals surface area (Å²) < 4.78 is 10.2. The summed E-state index contributed by atoms with van der Waals surface area (Å²) >= 11 is 10.5. The van der Waals surface area contributed by atoms with Gasteiger partial charge < -0.3 is 4.74 Å². The normalized spacial score (nSPS) is 12.4. The van der Waals surface area contributed by atoms with Crippen LogP contribution in [0.2, 0.25) is 0 Å². The Kier molecular flexibility index (Phi) is 8.01. The highest BCUT2D eigenvalue weighted by atomic mass is 79.9. The number of rotatable bonds is 7. The molecule has 0 unspecified atom stereocenters. The molecule has 0 saturated carbocycles. The van der Waals surface area contributed by atoms with E-state index in [9.17, 15) is 4.79 Å². The summed E-state index contributed by atoms with van der Waals surface area (Å²) in [7, 11) is 0. The van der Waals surface area contributed by atoms with E-state index in [1.54, 1.807) is 12.3 Å². The first-order chi connectivity index (χ1) is 16.4. The standard InChI is InChI=1S/C26H22Br3N3O2/c1-3-16(2)25-31-24-11-8-19(27)12-22(24)26(33)32(25)30-14-17-4-9-21(10-5-17)34-15-18-6-7-20(28)13-23(18)29/h4-14,16H,3,15H2,1-2H3/t16-/m1/s1. The van der Waals surface area contributed by atoms with Crippen LogP contribution in [0.1, 0.15) is 43.1 Å². The third-order valence-electron chi connectivity index (χ3n) is 5.50. The first-order valence-corrected chi connectivity index (χ1v) is 13.2. The summed E-state index contributed by atoms with van der Waals surface area (Å²) in [5.74, 6) is 1.49. The zero-order valence-electron chi connectivity index (χ0n) is 18.6. The average molecular weight is 648 g/mol. The Bertz CT molecular complexity index is 1420. The summed E-state index contributed by atoms with van der Waals surface area (Å²) in [6.07, 6.45) is 2.53. The number of halogens is 3. The van der Waals surface area contributed by atoms with Gasteiger partial charge in [0.1, 0.15) is 18.2 Å². The number of benzene rings is 3. The summed E-state index contributed by atoms with van der Waals surface area (Å²) in [5, 5.41) is 5.05. The van der Waals surface area contributed by atoms with Gasteiger partial charge in [-0.2, -0.15) is 9.78 Å². The fourth-order valence-corrected chi connectivity index (χ4v) is 4.88. The first kappa shape index (κ1) is 24.8. The van der Waals surface area contributed by atoms with Crippen molar-refractivity contribution in [1.29, 1.82) is 0 Å². The van der Waals surface area contributed by atoms with Crippen LogP contribution in [-0.4, -0.2) is 15.9 Å². The van der Waals surface area contributed by atoms with E-state index in [1.807, 2.05) is 54.6 Å². The third kappa shape index (κ3) is 5.67. The molecule has 0 aliphatic carbocycles. The quantitative estimate of drug-likeness (QED) is 0.194. The van der Waals surface area contributed by atoms with Crippen molar-refractivity contribution in [3.8, 4) is 5.75 Å². The van der Waals surface area contributed by atoms with E-state index >= 15 is 0 Å². The lowest BCUT2D eigenvalue weighted by molar-refractivity contribution is 0.305. The Morgan fingerprint density at radius 2 is 1.74 bits per heavy atom. The second kappa shape index (κ2) is 11.0. The molecule has 0 amide bonds. The Labute approximate surface area is 223 Å². The maximum atomic E-state index is 13.2. The van der Waals surface area contributed by atoms with Crippen molar-refractivity contribution >= 4 is 64.9 Å². The molecule has 0 N–H and O–H groups in total.